The van der Waals surface area contributed by atoms with Crippen molar-refractivity contribution >= 4 is 10.0 Å². The second-order valence-corrected chi connectivity index (χ2v) is 3.94. The number of hydrogen-bond acceptors (Lipinski definition) is 3. The lowest BCUT2D eigenvalue weighted by molar-refractivity contribution is 0.587. The highest BCUT2D eigenvalue weighted by molar-refractivity contribution is 7.89. The standard InChI is InChI=1S/C6H8N2O3S/c1-7-12(10,11)6-4-8-3-2-5(6)9/h2-4,7H,1H3,(H,8,9). The summed E-state index contributed by atoms with van der Waals surface area (Å²) in [6, 6.07) is 1.16. The van der Waals surface area contributed by atoms with Gasteiger partial charge in [-0.3, -0.25) is 4.79 Å². The average molecular weight is 188 g/mol. The molecule has 1 rings (SSSR count). The SMILES string of the molecule is CNS(=O)(=O)c1c[nH]ccc1=O. The van der Waals surface area contributed by atoms with Gasteiger partial charge in [0, 0.05) is 18.5 Å². The van der Waals surface area contributed by atoms with E-state index in [9.17, 15) is 13.2 Å². The first kappa shape index (κ1) is 8.95. The van der Waals surface area contributed by atoms with Crippen LogP contribution in [0.25, 0.3) is 0 Å². The van der Waals surface area contributed by atoms with E-state index in [-0.39, 0.29) is 4.90 Å². The van der Waals surface area contributed by atoms with Crippen molar-refractivity contribution in [2.45, 2.75) is 4.90 Å². The van der Waals surface area contributed by atoms with Gasteiger partial charge in [-0.2, -0.15) is 0 Å². The quantitative estimate of drug-likeness (QED) is 0.643. The number of pyridine rings is 1. The van der Waals surface area contributed by atoms with Gasteiger partial charge in [0.05, 0.1) is 0 Å². The van der Waals surface area contributed by atoms with Crippen LogP contribution >= 0.6 is 0 Å². The first-order chi connectivity index (χ1) is 5.58. The molecule has 0 aliphatic rings. The van der Waals surface area contributed by atoms with E-state index in [4.69, 9.17) is 0 Å². The van der Waals surface area contributed by atoms with Crippen molar-refractivity contribution < 1.29 is 8.42 Å². The van der Waals surface area contributed by atoms with Crippen LogP contribution in [0.15, 0.2) is 28.2 Å². The fraction of sp³-hybridized carbons (Fsp3) is 0.167. The molecule has 0 unspecified atom stereocenters. The molecule has 6 heteroatoms. The molecule has 0 aliphatic carbocycles. The summed E-state index contributed by atoms with van der Waals surface area (Å²) in [6.07, 6.45) is 2.52. The van der Waals surface area contributed by atoms with Gasteiger partial charge in [0.25, 0.3) is 0 Å². The Bertz CT molecular complexity index is 420. The second-order valence-electron chi connectivity index (χ2n) is 2.08. The summed E-state index contributed by atoms with van der Waals surface area (Å²) in [7, 11) is -2.37. The zero-order valence-corrected chi connectivity index (χ0v) is 7.18. The van der Waals surface area contributed by atoms with Crippen molar-refractivity contribution in [3.8, 4) is 0 Å². The van der Waals surface area contributed by atoms with Crippen molar-refractivity contribution in [2.75, 3.05) is 7.05 Å². The number of hydrogen-bond donors (Lipinski definition) is 2. The summed E-state index contributed by atoms with van der Waals surface area (Å²) in [5, 5.41) is 0. The molecule has 0 fully saturated rings. The summed E-state index contributed by atoms with van der Waals surface area (Å²) in [5.41, 5.74) is -0.525. The number of aromatic amines is 1. The monoisotopic (exact) mass is 188 g/mol. The van der Waals surface area contributed by atoms with Crippen molar-refractivity contribution in [1.29, 1.82) is 0 Å². The zero-order valence-electron chi connectivity index (χ0n) is 6.37. The summed E-state index contributed by atoms with van der Waals surface area (Å²) in [6.45, 7) is 0. The minimum absolute atomic E-state index is 0.271. The summed E-state index contributed by atoms with van der Waals surface area (Å²) in [4.78, 5) is 13.2. The highest BCUT2D eigenvalue weighted by Gasteiger charge is 2.13. The van der Waals surface area contributed by atoms with Gasteiger partial charge in [0.2, 0.25) is 15.5 Å². The van der Waals surface area contributed by atoms with Crippen molar-refractivity contribution in [3.63, 3.8) is 0 Å². The van der Waals surface area contributed by atoms with E-state index in [0.29, 0.717) is 0 Å². The fourth-order valence-electron chi connectivity index (χ4n) is 0.721. The molecule has 1 aromatic heterocycles. The molecule has 0 aromatic carbocycles. The van der Waals surface area contributed by atoms with Crippen LogP contribution in [0.5, 0.6) is 0 Å². The molecule has 12 heavy (non-hydrogen) atoms. The molecule has 0 aliphatic heterocycles. The van der Waals surface area contributed by atoms with E-state index in [1.807, 2.05) is 0 Å². The zero-order chi connectivity index (χ0) is 9.19. The number of sulfonamides is 1. The van der Waals surface area contributed by atoms with Crippen molar-refractivity contribution in [1.82, 2.24) is 9.71 Å². The second kappa shape index (κ2) is 3.08. The lowest BCUT2D eigenvalue weighted by Gasteiger charge is -1.98. The molecule has 1 heterocycles. The van der Waals surface area contributed by atoms with Gasteiger partial charge in [-0.25, -0.2) is 13.1 Å². The van der Waals surface area contributed by atoms with Gasteiger partial charge in [-0.05, 0) is 7.05 Å². The molecule has 0 bridgehead atoms. The Morgan fingerprint density at radius 1 is 1.50 bits per heavy atom. The van der Waals surface area contributed by atoms with Crippen LogP contribution in [0, 0.1) is 0 Å². The van der Waals surface area contributed by atoms with Crippen LogP contribution in [0.1, 0.15) is 0 Å². The third-order valence-corrected chi connectivity index (χ3v) is 2.78. The summed E-state index contributed by atoms with van der Waals surface area (Å²) >= 11 is 0. The number of aromatic nitrogens is 1. The fourth-order valence-corrected chi connectivity index (χ4v) is 1.50. The molecule has 0 saturated carbocycles. The van der Waals surface area contributed by atoms with Gasteiger partial charge in [-0.15, -0.1) is 0 Å². The van der Waals surface area contributed by atoms with E-state index >= 15 is 0 Å². The lowest BCUT2D eigenvalue weighted by Crippen LogP contribution is -2.24. The van der Waals surface area contributed by atoms with Crippen LogP contribution in [-0.2, 0) is 10.0 Å². The number of H-pyrrole nitrogens is 1. The van der Waals surface area contributed by atoms with Gasteiger partial charge < -0.3 is 4.98 Å². The van der Waals surface area contributed by atoms with E-state index < -0.39 is 15.5 Å². The van der Waals surface area contributed by atoms with Crippen molar-refractivity contribution in [3.05, 3.63) is 28.7 Å². The highest BCUT2D eigenvalue weighted by atomic mass is 32.2. The van der Waals surface area contributed by atoms with E-state index in [1.54, 1.807) is 0 Å². The Labute approximate surface area is 69.5 Å². The Kier molecular flexibility index (Phi) is 2.30. The Balaban J connectivity index is 3.40. The maximum Gasteiger partial charge on any atom is 0.245 e. The lowest BCUT2D eigenvalue weighted by atomic mass is 10.5. The first-order valence-corrected chi connectivity index (χ1v) is 4.67. The van der Waals surface area contributed by atoms with Gasteiger partial charge in [-0.1, -0.05) is 0 Å². The van der Waals surface area contributed by atoms with E-state index in [1.165, 1.54) is 13.2 Å². The van der Waals surface area contributed by atoms with Gasteiger partial charge in [0.15, 0.2) is 0 Å². The average Bonchev–Trinajstić information content (AvgIpc) is 2.05. The molecular formula is C6H8N2O3S. The predicted molar refractivity (Wildman–Crippen MR) is 43.3 cm³/mol. The van der Waals surface area contributed by atoms with Crippen LogP contribution < -0.4 is 10.2 Å². The molecule has 66 valence electrons. The third kappa shape index (κ3) is 1.54. The van der Waals surface area contributed by atoms with Crippen LogP contribution in [0.3, 0.4) is 0 Å². The topological polar surface area (TPSA) is 79.0 Å². The van der Waals surface area contributed by atoms with Crippen LogP contribution in [0.2, 0.25) is 0 Å². The van der Waals surface area contributed by atoms with Gasteiger partial charge >= 0.3 is 0 Å². The Hall–Kier alpha value is -1.14. The Morgan fingerprint density at radius 2 is 2.17 bits per heavy atom. The van der Waals surface area contributed by atoms with Crippen LogP contribution in [0.4, 0.5) is 0 Å². The molecule has 0 spiro atoms. The molecule has 0 radical (unpaired) electrons. The summed E-state index contributed by atoms with van der Waals surface area (Å²) < 4.78 is 24.2. The van der Waals surface area contributed by atoms with Crippen molar-refractivity contribution in [2.24, 2.45) is 0 Å². The van der Waals surface area contributed by atoms with E-state index in [2.05, 4.69) is 9.71 Å². The molecular weight excluding hydrogens is 180 g/mol. The molecule has 0 atom stereocenters. The van der Waals surface area contributed by atoms with Crippen LogP contribution in [-0.4, -0.2) is 20.4 Å². The molecule has 2 N–H and O–H groups in total. The number of rotatable bonds is 2. The normalized spacial score (nSPS) is 11.4. The molecule has 1 aromatic rings. The number of nitrogens with one attached hydrogen (secondary N) is 2. The minimum atomic E-state index is -3.62. The minimum Gasteiger partial charge on any atom is -0.366 e. The largest absolute Gasteiger partial charge is 0.366 e. The molecule has 0 amide bonds. The molecule has 0 saturated heterocycles. The predicted octanol–water partition coefficient (Wildman–Crippen LogP) is -0.717. The third-order valence-electron chi connectivity index (χ3n) is 1.35. The molecule has 5 nitrogen and oxygen atoms in total. The Morgan fingerprint density at radius 3 is 2.67 bits per heavy atom. The van der Waals surface area contributed by atoms with Gasteiger partial charge in [0.1, 0.15) is 4.90 Å². The highest BCUT2D eigenvalue weighted by Crippen LogP contribution is 1.97. The van der Waals surface area contributed by atoms with E-state index in [0.717, 1.165) is 12.3 Å². The first-order valence-electron chi connectivity index (χ1n) is 3.18. The maximum absolute atomic E-state index is 11.1. The summed E-state index contributed by atoms with van der Waals surface area (Å²) in [5.74, 6) is 0. The maximum atomic E-state index is 11.1. The smallest absolute Gasteiger partial charge is 0.245 e.